The topological polar surface area (TPSA) is 56.9 Å². The smallest absolute Gasteiger partial charge is 0.256 e. The van der Waals surface area contributed by atoms with Crippen LogP contribution >= 0.6 is 11.6 Å². The Balaban J connectivity index is 1.67. The first kappa shape index (κ1) is 20.5. The molecule has 0 atom stereocenters. The fraction of sp³-hybridized carbons (Fsp3) is 0.333. The molecule has 6 rings (SSSR count). The van der Waals surface area contributed by atoms with Crippen molar-refractivity contribution < 1.29 is 13.5 Å². The van der Waals surface area contributed by atoms with E-state index in [0.29, 0.717) is 11.6 Å². The summed E-state index contributed by atoms with van der Waals surface area (Å²) in [6.45, 7) is 6.22. The number of fused-ring (bicyclic) bond motifs is 6. The van der Waals surface area contributed by atoms with Crippen LogP contribution in [0.25, 0.3) is 27.7 Å². The SMILES string of the molecule is Cc1nnc2n1-c1c(Cl)c(-c3cccc4c3ccn4CC(F)F)c3c(c1NC2(C)C)CCO3. The standard InChI is InChI=1S/C24H22ClF2N5O/c1-12-29-30-23-24(2,3)28-20-15-8-10-33-22(15)18(19(25)21(20)32(12)23)14-5-4-6-16-13(14)7-9-31(16)11-17(26)27/h4-7,9,17,28H,8,10-11H2,1-3H3. The monoisotopic (exact) mass is 469 g/mol. The Bertz CT molecular complexity index is 1440. The minimum atomic E-state index is -2.44. The molecule has 33 heavy (non-hydrogen) atoms. The van der Waals surface area contributed by atoms with Gasteiger partial charge in [0, 0.05) is 34.6 Å². The lowest BCUT2D eigenvalue weighted by Crippen LogP contribution is -2.36. The number of hydrogen-bond donors (Lipinski definition) is 1. The summed E-state index contributed by atoms with van der Waals surface area (Å²) in [5.74, 6) is 2.26. The van der Waals surface area contributed by atoms with Gasteiger partial charge in [0.15, 0.2) is 5.82 Å². The van der Waals surface area contributed by atoms with E-state index in [2.05, 4.69) is 29.4 Å². The van der Waals surface area contributed by atoms with Crippen molar-refractivity contribution in [1.82, 2.24) is 19.3 Å². The van der Waals surface area contributed by atoms with E-state index in [4.69, 9.17) is 16.3 Å². The van der Waals surface area contributed by atoms with Crippen LogP contribution in [0.2, 0.25) is 5.02 Å². The van der Waals surface area contributed by atoms with Gasteiger partial charge in [0.05, 0.1) is 35.1 Å². The van der Waals surface area contributed by atoms with Gasteiger partial charge in [-0.3, -0.25) is 4.57 Å². The van der Waals surface area contributed by atoms with Crippen LogP contribution in [-0.4, -0.2) is 32.4 Å². The third-order valence-corrected chi connectivity index (χ3v) is 6.90. The quantitative estimate of drug-likeness (QED) is 0.417. The van der Waals surface area contributed by atoms with E-state index in [1.807, 2.05) is 35.8 Å². The van der Waals surface area contributed by atoms with Crippen LogP contribution in [0.5, 0.6) is 5.75 Å². The lowest BCUT2D eigenvalue weighted by Gasteiger charge is -2.36. The van der Waals surface area contributed by atoms with Crippen molar-refractivity contribution in [2.24, 2.45) is 0 Å². The molecule has 0 saturated carbocycles. The molecule has 0 radical (unpaired) electrons. The fourth-order valence-electron chi connectivity index (χ4n) is 5.13. The molecule has 0 unspecified atom stereocenters. The summed E-state index contributed by atoms with van der Waals surface area (Å²) in [5.41, 5.74) is 4.69. The summed E-state index contributed by atoms with van der Waals surface area (Å²) in [5, 5.41) is 13.7. The van der Waals surface area contributed by atoms with Crippen molar-refractivity contribution in [3.63, 3.8) is 0 Å². The molecule has 2 aliphatic rings. The minimum absolute atomic E-state index is 0.359. The zero-order valence-electron chi connectivity index (χ0n) is 18.4. The van der Waals surface area contributed by atoms with E-state index in [-0.39, 0.29) is 6.54 Å². The first-order valence-corrected chi connectivity index (χ1v) is 11.2. The Hall–Kier alpha value is -3.13. The molecule has 4 heterocycles. The first-order chi connectivity index (χ1) is 15.8. The number of ether oxygens (including phenoxy) is 1. The van der Waals surface area contributed by atoms with Gasteiger partial charge in [-0.15, -0.1) is 10.2 Å². The average Bonchev–Trinajstić information content (AvgIpc) is 3.48. The predicted octanol–water partition coefficient (Wildman–Crippen LogP) is 5.71. The molecule has 170 valence electrons. The molecule has 9 heteroatoms. The molecular weight excluding hydrogens is 448 g/mol. The average molecular weight is 470 g/mol. The third-order valence-electron chi connectivity index (χ3n) is 6.53. The van der Waals surface area contributed by atoms with Crippen molar-refractivity contribution in [2.75, 3.05) is 11.9 Å². The van der Waals surface area contributed by atoms with E-state index in [1.165, 1.54) is 0 Å². The highest BCUT2D eigenvalue weighted by Crippen LogP contribution is 2.54. The second-order valence-electron chi connectivity index (χ2n) is 9.07. The largest absolute Gasteiger partial charge is 0.492 e. The zero-order chi connectivity index (χ0) is 23.1. The van der Waals surface area contributed by atoms with Crippen molar-refractivity contribution in [2.45, 2.75) is 45.7 Å². The lowest BCUT2D eigenvalue weighted by atomic mass is 9.92. The highest BCUT2D eigenvalue weighted by Gasteiger charge is 2.40. The maximum atomic E-state index is 13.1. The predicted molar refractivity (Wildman–Crippen MR) is 124 cm³/mol. The molecular formula is C24H22ClF2N5O. The number of aromatic nitrogens is 4. The Kier molecular flexibility index (Phi) is 4.30. The maximum Gasteiger partial charge on any atom is 0.256 e. The summed E-state index contributed by atoms with van der Waals surface area (Å²) < 4.78 is 35.9. The zero-order valence-corrected chi connectivity index (χ0v) is 19.2. The first-order valence-electron chi connectivity index (χ1n) is 10.9. The van der Waals surface area contributed by atoms with Crippen molar-refractivity contribution in [1.29, 1.82) is 0 Å². The van der Waals surface area contributed by atoms with Gasteiger partial charge in [-0.2, -0.15) is 0 Å². The Morgan fingerprint density at radius 2 is 2.06 bits per heavy atom. The van der Waals surface area contributed by atoms with Gasteiger partial charge in [-0.25, -0.2) is 8.78 Å². The number of hydrogen-bond acceptors (Lipinski definition) is 4. The van der Waals surface area contributed by atoms with E-state index < -0.39 is 12.0 Å². The lowest BCUT2D eigenvalue weighted by molar-refractivity contribution is 0.128. The number of rotatable bonds is 3. The molecule has 0 fully saturated rings. The summed E-state index contributed by atoms with van der Waals surface area (Å²) in [4.78, 5) is 0. The molecule has 1 N–H and O–H groups in total. The van der Waals surface area contributed by atoms with Crippen LogP contribution < -0.4 is 10.1 Å². The van der Waals surface area contributed by atoms with E-state index in [9.17, 15) is 8.78 Å². The second kappa shape index (κ2) is 6.93. The summed E-state index contributed by atoms with van der Waals surface area (Å²) in [7, 11) is 0. The molecule has 0 bridgehead atoms. The van der Waals surface area contributed by atoms with Crippen LogP contribution in [0.15, 0.2) is 30.5 Å². The molecule has 0 saturated heterocycles. The van der Waals surface area contributed by atoms with Crippen LogP contribution in [0.4, 0.5) is 14.5 Å². The van der Waals surface area contributed by atoms with Gasteiger partial charge in [0.25, 0.3) is 6.43 Å². The number of nitrogens with zero attached hydrogens (tertiary/aromatic N) is 4. The molecule has 0 aliphatic carbocycles. The molecule has 0 spiro atoms. The van der Waals surface area contributed by atoms with Crippen LogP contribution in [-0.2, 0) is 18.5 Å². The highest BCUT2D eigenvalue weighted by molar-refractivity contribution is 6.37. The Morgan fingerprint density at radius 3 is 2.85 bits per heavy atom. The third kappa shape index (κ3) is 2.83. The number of nitrogens with one attached hydrogen (secondary N) is 1. The molecule has 2 aromatic carbocycles. The normalized spacial score (nSPS) is 15.8. The Labute approximate surface area is 194 Å². The summed E-state index contributed by atoms with van der Waals surface area (Å²) in [6, 6.07) is 7.54. The van der Waals surface area contributed by atoms with Crippen molar-refractivity contribution in [3.8, 4) is 22.6 Å². The molecule has 4 aromatic rings. The van der Waals surface area contributed by atoms with E-state index in [1.54, 1.807) is 10.8 Å². The van der Waals surface area contributed by atoms with E-state index >= 15 is 0 Å². The number of halogens is 3. The highest BCUT2D eigenvalue weighted by atomic mass is 35.5. The van der Waals surface area contributed by atoms with Gasteiger partial charge in [-0.05, 0) is 38.5 Å². The van der Waals surface area contributed by atoms with Gasteiger partial charge < -0.3 is 14.6 Å². The van der Waals surface area contributed by atoms with Crippen molar-refractivity contribution >= 4 is 28.2 Å². The summed E-state index contributed by atoms with van der Waals surface area (Å²) >= 11 is 7.16. The number of aryl methyl sites for hydroxylation is 1. The van der Waals surface area contributed by atoms with Crippen LogP contribution in [0.1, 0.15) is 31.1 Å². The van der Waals surface area contributed by atoms with Gasteiger partial charge in [0.1, 0.15) is 11.6 Å². The molecule has 0 amide bonds. The fourth-order valence-corrected chi connectivity index (χ4v) is 5.49. The summed E-state index contributed by atoms with van der Waals surface area (Å²) in [6.07, 6.45) is -0.00220. The Morgan fingerprint density at radius 1 is 1.24 bits per heavy atom. The number of benzene rings is 2. The van der Waals surface area contributed by atoms with Gasteiger partial charge >= 0.3 is 0 Å². The number of anilines is 1. The minimum Gasteiger partial charge on any atom is -0.492 e. The second-order valence-corrected chi connectivity index (χ2v) is 9.45. The molecule has 6 nitrogen and oxygen atoms in total. The van der Waals surface area contributed by atoms with Crippen molar-refractivity contribution in [3.05, 3.63) is 52.7 Å². The van der Waals surface area contributed by atoms with Gasteiger partial charge in [-0.1, -0.05) is 23.7 Å². The number of alkyl halides is 2. The van der Waals surface area contributed by atoms with Crippen LogP contribution in [0, 0.1) is 6.92 Å². The van der Waals surface area contributed by atoms with Crippen LogP contribution in [0.3, 0.4) is 0 Å². The van der Waals surface area contributed by atoms with Gasteiger partial charge in [0.2, 0.25) is 0 Å². The van der Waals surface area contributed by atoms with E-state index in [0.717, 1.165) is 62.8 Å². The maximum absolute atomic E-state index is 13.1. The molecule has 2 aromatic heterocycles. The molecule has 2 aliphatic heterocycles.